The molecule has 0 bridgehead atoms. The molecule has 1 N–H and O–H groups in total. The molecule has 1 fully saturated rings. The second-order valence-electron chi connectivity index (χ2n) is 3.86. The molecule has 0 unspecified atom stereocenters. The number of rotatable bonds is 2. The molecular weight excluding hydrogens is 158 g/mol. The van der Waals surface area contributed by atoms with Crippen LogP contribution in [0, 0.1) is 0 Å². The largest absolute Gasteiger partial charge is 0.388 e. The minimum absolute atomic E-state index is 0.827. The lowest BCUT2D eigenvalue weighted by atomic mass is 9.97. The van der Waals surface area contributed by atoms with Crippen LogP contribution < -0.4 is 5.32 Å². The molecule has 0 saturated heterocycles. The van der Waals surface area contributed by atoms with Crippen molar-refractivity contribution >= 4 is 5.69 Å². The molecule has 0 spiro atoms. The first-order valence-electron chi connectivity index (χ1n) is 5.18. The van der Waals surface area contributed by atoms with E-state index >= 15 is 0 Å². The van der Waals surface area contributed by atoms with E-state index in [2.05, 4.69) is 29.6 Å². The lowest BCUT2D eigenvalue weighted by Gasteiger charge is -2.10. The van der Waals surface area contributed by atoms with E-state index in [1.54, 1.807) is 0 Å². The number of benzene rings is 1. The first-order valence-corrected chi connectivity index (χ1v) is 5.18. The molecule has 0 aliphatic heterocycles. The molecule has 1 heteroatoms. The van der Waals surface area contributed by atoms with Crippen molar-refractivity contribution in [1.82, 2.24) is 0 Å². The Hall–Kier alpha value is -0.980. The van der Waals surface area contributed by atoms with Gasteiger partial charge in [-0.1, -0.05) is 25.0 Å². The van der Waals surface area contributed by atoms with Gasteiger partial charge in [0.2, 0.25) is 0 Å². The fraction of sp³-hybridized carbons (Fsp3) is 0.500. The maximum absolute atomic E-state index is 3.19. The van der Waals surface area contributed by atoms with Gasteiger partial charge in [0.15, 0.2) is 0 Å². The predicted molar refractivity (Wildman–Crippen MR) is 57.2 cm³/mol. The van der Waals surface area contributed by atoms with Crippen LogP contribution in [0.1, 0.15) is 37.2 Å². The Bertz CT molecular complexity index is 274. The van der Waals surface area contributed by atoms with Crippen LogP contribution in [0.25, 0.3) is 0 Å². The molecular formula is C12H17N. The smallest absolute Gasteiger partial charge is 0.0340 e. The molecule has 1 saturated carbocycles. The third-order valence-electron chi connectivity index (χ3n) is 3.00. The molecule has 0 aromatic heterocycles. The highest BCUT2D eigenvalue weighted by atomic mass is 14.8. The molecule has 0 amide bonds. The fourth-order valence-corrected chi connectivity index (χ4v) is 2.21. The van der Waals surface area contributed by atoms with Gasteiger partial charge in [0.05, 0.1) is 0 Å². The zero-order valence-corrected chi connectivity index (χ0v) is 8.22. The Morgan fingerprint density at radius 3 is 2.69 bits per heavy atom. The van der Waals surface area contributed by atoms with Crippen molar-refractivity contribution in [2.75, 3.05) is 12.4 Å². The van der Waals surface area contributed by atoms with E-state index in [0.29, 0.717) is 0 Å². The topological polar surface area (TPSA) is 12.0 Å². The SMILES string of the molecule is CNc1cccc(C2CCCC2)c1. The summed E-state index contributed by atoms with van der Waals surface area (Å²) in [7, 11) is 1.98. The van der Waals surface area contributed by atoms with Crippen molar-refractivity contribution in [3.63, 3.8) is 0 Å². The van der Waals surface area contributed by atoms with Gasteiger partial charge >= 0.3 is 0 Å². The van der Waals surface area contributed by atoms with Crippen molar-refractivity contribution in [2.24, 2.45) is 0 Å². The molecule has 0 heterocycles. The minimum atomic E-state index is 0.827. The Labute approximate surface area is 80.2 Å². The maximum atomic E-state index is 3.19. The first kappa shape index (κ1) is 8.61. The van der Waals surface area contributed by atoms with Crippen LogP contribution in [0.2, 0.25) is 0 Å². The number of hydrogen-bond donors (Lipinski definition) is 1. The highest BCUT2D eigenvalue weighted by molar-refractivity contribution is 5.46. The lowest BCUT2D eigenvalue weighted by molar-refractivity contribution is 0.723. The third kappa shape index (κ3) is 1.85. The zero-order valence-electron chi connectivity index (χ0n) is 8.22. The second-order valence-corrected chi connectivity index (χ2v) is 3.86. The standard InChI is InChI=1S/C12H17N/c1-13-12-8-4-7-11(9-12)10-5-2-3-6-10/h4,7-10,13H,2-3,5-6H2,1H3. The number of anilines is 1. The zero-order chi connectivity index (χ0) is 9.10. The molecule has 1 aromatic rings. The summed E-state index contributed by atoms with van der Waals surface area (Å²) >= 11 is 0. The molecule has 1 aliphatic rings. The average molecular weight is 175 g/mol. The van der Waals surface area contributed by atoms with E-state index in [0.717, 1.165) is 5.92 Å². The molecule has 0 radical (unpaired) electrons. The van der Waals surface area contributed by atoms with Gasteiger partial charge in [-0.3, -0.25) is 0 Å². The van der Waals surface area contributed by atoms with Gasteiger partial charge in [0, 0.05) is 12.7 Å². The van der Waals surface area contributed by atoms with Gasteiger partial charge in [-0.25, -0.2) is 0 Å². The molecule has 1 nitrogen and oxygen atoms in total. The van der Waals surface area contributed by atoms with Crippen molar-refractivity contribution in [1.29, 1.82) is 0 Å². The summed E-state index contributed by atoms with van der Waals surface area (Å²) in [5.74, 6) is 0.827. The highest BCUT2D eigenvalue weighted by Gasteiger charge is 2.16. The monoisotopic (exact) mass is 175 g/mol. The van der Waals surface area contributed by atoms with E-state index < -0.39 is 0 Å². The van der Waals surface area contributed by atoms with E-state index in [-0.39, 0.29) is 0 Å². The van der Waals surface area contributed by atoms with Crippen LogP contribution in [0.3, 0.4) is 0 Å². The minimum Gasteiger partial charge on any atom is -0.388 e. The van der Waals surface area contributed by atoms with E-state index in [4.69, 9.17) is 0 Å². The molecule has 0 atom stereocenters. The van der Waals surface area contributed by atoms with Gasteiger partial charge in [-0.05, 0) is 36.5 Å². The Morgan fingerprint density at radius 2 is 2.00 bits per heavy atom. The van der Waals surface area contributed by atoms with Crippen LogP contribution in [-0.2, 0) is 0 Å². The second kappa shape index (κ2) is 3.82. The van der Waals surface area contributed by atoms with Gasteiger partial charge < -0.3 is 5.32 Å². The summed E-state index contributed by atoms with van der Waals surface area (Å²) in [6.45, 7) is 0. The molecule has 2 rings (SSSR count). The normalized spacial score (nSPS) is 17.6. The van der Waals surface area contributed by atoms with Gasteiger partial charge in [-0.2, -0.15) is 0 Å². The average Bonchev–Trinajstić information content (AvgIpc) is 2.71. The van der Waals surface area contributed by atoms with E-state index in [9.17, 15) is 0 Å². The van der Waals surface area contributed by atoms with Crippen LogP contribution in [0.4, 0.5) is 5.69 Å². The van der Waals surface area contributed by atoms with Crippen molar-refractivity contribution in [3.05, 3.63) is 29.8 Å². The van der Waals surface area contributed by atoms with E-state index in [1.165, 1.54) is 36.9 Å². The van der Waals surface area contributed by atoms with Crippen molar-refractivity contribution in [2.45, 2.75) is 31.6 Å². The van der Waals surface area contributed by atoms with E-state index in [1.807, 2.05) is 7.05 Å². The van der Waals surface area contributed by atoms with Gasteiger partial charge in [-0.15, -0.1) is 0 Å². The fourth-order valence-electron chi connectivity index (χ4n) is 2.21. The van der Waals surface area contributed by atoms with Gasteiger partial charge in [0.1, 0.15) is 0 Å². The molecule has 70 valence electrons. The van der Waals surface area contributed by atoms with Crippen LogP contribution in [0.15, 0.2) is 24.3 Å². The first-order chi connectivity index (χ1) is 6.40. The Kier molecular flexibility index (Phi) is 2.53. The molecule has 1 aliphatic carbocycles. The summed E-state index contributed by atoms with van der Waals surface area (Å²) in [6, 6.07) is 8.82. The summed E-state index contributed by atoms with van der Waals surface area (Å²) in [5.41, 5.74) is 2.76. The summed E-state index contributed by atoms with van der Waals surface area (Å²) in [5, 5.41) is 3.19. The van der Waals surface area contributed by atoms with Gasteiger partial charge in [0.25, 0.3) is 0 Å². The lowest BCUT2D eigenvalue weighted by Crippen LogP contribution is -1.94. The Balaban J connectivity index is 2.18. The quantitative estimate of drug-likeness (QED) is 0.726. The summed E-state index contributed by atoms with van der Waals surface area (Å²) < 4.78 is 0. The van der Waals surface area contributed by atoms with Crippen LogP contribution >= 0.6 is 0 Å². The molecule has 1 aromatic carbocycles. The maximum Gasteiger partial charge on any atom is 0.0340 e. The van der Waals surface area contributed by atoms with Crippen molar-refractivity contribution < 1.29 is 0 Å². The number of hydrogen-bond acceptors (Lipinski definition) is 1. The number of nitrogens with one attached hydrogen (secondary N) is 1. The Morgan fingerprint density at radius 1 is 1.23 bits per heavy atom. The molecule has 13 heavy (non-hydrogen) atoms. The third-order valence-corrected chi connectivity index (χ3v) is 3.00. The summed E-state index contributed by atoms with van der Waals surface area (Å²) in [4.78, 5) is 0. The predicted octanol–water partition coefficient (Wildman–Crippen LogP) is 3.39. The summed E-state index contributed by atoms with van der Waals surface area (Å²) in [6.07, 6.45) is 5.59. The van der Waals surface area contributed by atoms with Crippen LogP contribution in [-0.4, -0.2) is 7.05 Å². The van der Waals surface area contributed by atoms with Crippen molar-refractivity contribution in [3.8, 4) is 0 Å². The van der Waals surface area contributed by atoms with Crippen LogP contribution in [0.5, 0.6) is 0 Å². The highest BCUT2D eigenvalue weighted by Crippen LogP contribution is 2.34.